The minimum atomic E-state index is -0.982. The number of carbonyl (C=O) groups excluding carboxylic acids is 1. The molecule has 0 unspecified atom stereocenters. The van der Waals surface area contributed by atoms with E-state index in [2.05, 4.69) is 15.6 Å². The summed E-state index contributed by atoms with van der Waals surface area (Å²) in [5.41, 5.74) is 0.536. The number of carbonyl (C=O) groups is 2. The highest BCUT2D eigenvalue weighted by Crippen LogP contribution is 2.25. The third-order valence-electron chi connectivity index (χ3n) is 2.72. The maximum absolute atomic E-state index is 11.6. The van der Waals surface area contributed by atoms with E-state index in [1.54, 1.807) is 11.9 Å². The van der Waals surface area contributed by atoms with E-state index in [9.17, 15) is 9.59 Å². The Bertz CT molecular complexity index is 454. The van der Waals surface area contributed by atoms with Gasteiger partial charge >= 0.3 is 12.0 Å². The topological polar surface area (TPSA) is 100 Å². The minimum Gasteiger partial charge on any atom is -0.480 e. The van der Waals surface area contributed by atoms with E-state index in [4.69, 9.17) is 5.11 Å². The first-order valence-electron chi connectivity index (χ1n) is 5.67. The Labute approximate surface area is 104 Å². The Morgan fingerprint density at radius 3 is 2.94 bits per heavy atom. The third-order valence-corrected chi connectivity index (χ3v) is 2.72. The quantitative estimate of drug-likeness (QED) is 0.748. The lowest BCUT2D eigenvalue weighted by Gasteiger charge is -2.16. The third kappa shape index (κ3) is 3.19. The fourth-order valence-corrected chi connectivity index (χ4v) is 1.55. The van der Waals surface area contributed by atoms with Gasteiger partial charge in [-0.25, -0.2) is 9.48 Å². The van der Waals surface area contributed by atoms with Crippen LogP contribution in [-0.2, 0) is 17.9 Å². The van der Waals surface area contributed by atoms with E-state index in [1.165, 1.54) is 10.9 Å². The van der Waals surface area contributed by atoms with Gasteiger partial charge in [0, 0.05) is 13.1 Å². The maximum atomic E-state index is 11.6. The highest BCUT2D eigenvalue weighted by atomic mass is 16.4. The van der Waals surface area contributed by atoms with Crippen LogP contribution in [0.25, 0.3) is 0 Å². The molecule has 0 radical (unpaired) electrons. The molecule has 0 bridgehead atoms. The molecule has 8 nitrogen and oxygen atoms in total. The number of urea groups is 1. The molecule has 0 atom stereocenters. The monoisotopic (exact) mass is 253 g/mol. The maximum Gasteiger partial charge on any atom is 0.325 e. The second kappa shape index (κ2) is 5.03. The molecule has 0 aliphatic heterocycles. The van der Waals surface area contributed by atoms with Crippen LogP contribution in [0.1, 0.15) is 18.5 Å². The van der Waals surface area contributed by atoms with Gasteiger partial charge in [-0.05, 0) is 12.8 Å². The second-order valence-corrected chi connectivity index (χ2v) is 4.30. The minimum absolute atomic E-state index is 0.148. The second-order valence-electron chi connectivity index (χ2n) is 4.30. The van der Waals surface area contributed by atoms with Crippen molar-refractivity contribution in [2.24, 2.45) is 0 Å². The molecule has 1 heterocycles. The van der Waals surface area contributed by atoms with Gasteiger partial charge in [-0.3, -0.25) is 4.79 Å². The summed E-state index contributed by atoms with van der Waals surface area (Å²) in [7, 11) is 1.76. The average molecular weight is 253 g/mol. The number of hydrogen-bond acceptors (Lipinski definition) is 4. The van der Waals surface area contributed by atoms with Crippen molar-refractivity contribution in [3.8, 4) is 0 Å². The largest absolute Gasteiger partial charge is 0.480 e. The van der Waals surface area contributed by atoms with Gasteiger partial charge in [0.25, 0.3) is 0 Å². The number of carboxylic acids is 1. The highest BCUT2D eigenvalue weighted by molar-refractivity contribution is 5.74. The molecular weight excluding hydrogens is 238 g/mol. The fraction of sp³-hybridized carbons (Fsp3) is 0.600. The molecule has 1 aromatic rings. The summed E-state index contributed by atoms with van der Waals surface area (Å²) in [6.45, 7) is 0.0123. The normalized spacial score (nSPS) is 14.3. The zero-order chi connectivity index (χ0) is 13.1. The standard InChI is InChI=1S/C10H15N5O3/c1-14(8-2-3-8)10(18)11-4-7-5-15(13-12-7)6-9(16)17/h5,8H,2-4,6H2,1H3,(H,11,18)(H,16,17). The fourth-order valence-electron chi connectivity index (χ4n) is 1.55. The van der Waals surface area contributed by atoms with Gasteiger partial charge in [0.05, 0.1) is 12.7 Å². The molecule has 2 N–H and O–H groups in total. The van der Waals surface area contributed by atoms with Crippen molar-refractivity contribution in [3.63, 3.8) is 0 Å². The lowest BCUT2D eigenvalue weighted by atomic mass is 10.4. The predicted molar refractivity (Wildman–Crippen MR) is 60.7 cm³/mol. The Morgan fingerprint density at radius 2 is 2.33 bits per heavy atom. The summed E-state index contributed by atoms with van der Waals surface area (Å²) in [4.78, 5) is 23.8. The van der Waals surface area contributed by atoms with Crippen LogP contribution in [0.5, 0.6) is 0 Å². The lowest BCUT2D eigenvalue weighted by molar-refractivity contribution is -0.137. The smallest absolute Gasteiger partial charge is 0.325 e. The van der Waals surface area contributed by atoms with Crippen LogP contribution in [0.4, 0.5) is 4.79 Å². The number of carboxylic acid groups (broad SMARTS) is 1. The number of aliphatic carboxylic acids is 1. The molecule has 1 aliphatic rings. The summed E-state index contributed by atoms with van der Waals surface area (Å²) < 4.78 is 1.22. The van der Waals surface area contributed by atoms with Crippen LogP contribution < -0.4 is 5.32 Å². The SMILES string of the molecule is CN(C(=O)NCc1cn(CC(=O)O)nn1)C1CC1. The Kier molecular flexibility index (Phi) is 3.45. The van der Waals surface area contributed by atoms with Crippen LogP contribution >= 0.6 is 0 Å². The molecule has 1 fully saturated rings. The van der Waals surface area contributed by atoms with Gasteiger partial charge in [-0.15, -0.1) is 5.10 Å². The van der Waals surface area contributed by atoms with Crippen molar-refractivity contribution in [1.82, 2.24) is 25.2 Å². The summed E-state index contributed by atoms with van der Waals surface area (Å²) >= 11 is 0. The van der Waals surface area contributed by atoms with Crippen molar-refractivity contribution in [2.75, 3.05) is 7.05 Å². The molecule has 1 aromatic heterocycles. The van der Waals surface area contributed by atoms with E-state index in [1.807, 2.05) is 0 Å². The Hall–Kier alpha value is -2.12. The molecule has 98 valence electrons. The number of aromatic nitrogens is 3. The van der Waals surface area contributed by atoms with Crippen LogP contribution in [0.3, 0.4) is 0 Å². The molecule has 2 rings (SSSR count). The van der Waals surface area contributed by atoms with Crippen LogP contribution in [-0.4, -0.2) is 50.1 Å². The summed E-state index contributed by atoms with van der Waals surface area (Å²) in [5.74, 6) is -0.982. The highest BCUT2D eigenvalue weighted by Gasteiger charge is 2.29. The molecule has 0 aromatic carbocycles. The lowest BCUT2D eigenvalue weighted by Crippen LogP contribution is -2.38. The van der Waals surface area contributed by atoms with E-state index < -0.39 is 5.97 Å². The molecule has 8 heteroatoms. The van der Waals surface area contributed by atoms with Crippen LogP contribution in [0.15, 0.2) is 6.20 Å². The van der Waals surface area contributed by atoms with Crippen molar-refractivity contribution in [2.45, 2.75) is 32.0 Å². The Balaban J connectivity index is 1.80. The van der Waals surface area contributed by atoms with Crippen molar-refractivity contribution >= 4 is 12.0 Å². The van der Waals surface area contributed by atoms with Gasteiger partial charge in [-0.1, -0.05) is 5.21 Å². The Morgan fingerprint density at radius 1 is 1.61 bits per heavy atom. The first-order valence-corrected chi connectivity index (χ1v) is 5.67. The van der Waals surface area contributed by atoms with Gasteiger partial charge in [0.1, 0.15) is 12.2 Å². The molecule has 1 saturated carbocycles. The number of rotatable bonds is 5. The number of nitrogens with zero attached hydrogens (tertiary/aromatic N) is 4. The van der Waals surface area contributed by atoms with Crippen molar-refractivity contribution < 1.29 is 14.7 Å². The first-order chi connectivity index (χ1) is 8.56. The van der Waals surface area contributed by atoms with Gasteiger partial charge < -0.3 is 15.3 Å². The van der Waals surface area contributed by atoms with Gasteiger partial charge in [0.2, 0.25) is 0 Å². The number of nitrogens with one attached hydrogen (secondary N) is 1. The van der Waals surface area contributed by atoms with Gasteiger partial charge in [-0.2, -0.15) is 0 Å². The van der Waals surface area contributed by atoms with E-state index in [-0.39, 0.29) is 19.1 Å². The molecule has 0 saturated heterocycles. The molecular formula is C10H15N5O3. The van der Waals surface area contributed by atoms with Crippen molar-refractivity contribution in [1.29, 1.82) is 0 Å². The molecule has 18 heavy (non-hydrogen) atoms. The van der Waals surface area contributed by atoms with E-state index in [0.717, 1.165) is 12.8 Å². The summed E-state index contributed by atoms with van der Waals surface area (Å²) in [6, 6.07) is 0.206. The number of amides is 2. The molecule has 2 amide bonds. The zero-order valence-electron chi connectivity index (χ0n) is 10.0. The first kappa shape index (κ1) is 12.3. The van der Waals surface area contributed by atoms with E-state index in [0.29, 0.717) is 11.7 Å². The van der Waals surface area contributed by atoms with E-state index >= 15 is 0 Å². The molecule has 0 spiro atoms. The average Bonchev–Trinajstić information content (AvgIpc) is 3.07. The zero-order valence-corrected chi connectivity index (χ0v) is 10.0. The summed E-state index contributed by atoms with van der Waals surface area (Å²) in [5, 5.41) is 18.7. The number of hydrogen-bond donors (Lipinski definition) is 2. The molecule has 1 aliphatic carbocycles. The van der Waals surface area contributed by atoms with Crippen molar-refractivity contribution in [3.05, 3.63) is 11.9 Å². The summed E-state index contributed by atoms with van der Waals surface area (Å²) in [6.07, 6.45) is 3.61. The predicted octanol–water partition coefficient (Wildman–Crippen LogP) is -0.334. The van der Waals surface area contributed by atoms with Gasteiger partial charge in [0.15, 0.2) is 0 Å². The van der Waals surface area contributed by atoms with Crippen LogP contribution in [0, 0.1) is 0 Å². The van der Waals surface area contributed by atoms with Crippen LogP contribution in [0.2, 0.25) is 0 Å².